The lowest BCUT2D eigenvalue weighted by Gasteiger charge is -2.06. The Morgan fingerprint density at radius 3 is 2.22 bits per heavy atom. The average Bonchev–Trinajstić information content (AvgIpc) is 2.38. The first kappa shape index (κ1) is 12.5. The molecule has 4 heteroatoms. The normalized spacial score (nSPS) is 10.1. The van der Waals surface area contributed by atoms with Gasteiger partial charge in [0, 0.05) is 15.6 Å². The van der Waals surface area contributed by atoms with E-state index in [-0.39, 0.29) is 11.3 Å². The van der Waals surface area contributed by atoms with Crippen LogP contribution >= 0.6 is 15.9 Å². The zero-order valence-corrected chi connectivity index (χ0v) is 11.0. The zero-order valence-electron chi connectivity index (χ0n) is 9.39. The van der Waals surface area contributed by atoms with Crippen LogP contribution in [0, 0.1) is 0 Å². The van der Waals surface area contributed by atoms with Gasteiger partial charge < -0.3 is 5.73 Å². The number of carbonyl (C=O) groups excluding carboxylic acids is 2. The van der Waals surface area contributed by atoms with Gasteiger partial charge >= 0.3 is 0 Å². The van der Waals surface area contributed by atoms with Gasteiger partial charge in [-0.1, -0.05) is 46.3 Å². The van der Waals surface area contributed by atoms with Crippen molar-refractivity contribution >= 4 is 27.6 Å². The highest BCUT2D eigenvalue weighted by Gasteiger charge is 2.16. The van der Waals surface area contributed by atoms with Crippen LogP contribution in [0.3, 0.4) is 0 Å². The predicted octanol–water partition coefficient (Wildman–Crippen LogP) is 2.78. The maximum atomic E-state index is 12.3. The molecule has 2 aromatic carbocycles. The molecule has 18 heavy (non-hydrogen) atoms. The molecule has 0 aromatic heterocycles. The summed E-state index contributed by atoms with van der Waals surface area (Å²) in [4.78, 5) is 23.6. The first-order chi connectivity index (χ1) is 8.59. The summed E-state index contributed by atoms with van der Waals surface area (Å²) in [5, 5.41) is 0. The van der Waals surface area contributed by atoms with Crippen LogP contribution in [0.5, 0.6) is 0 Å². The van der Waals surface area contributed by atoms with Crippen LogP contribution in [0.2, 0.25) is 0 Å². The van der Waals surface area contributed by atoms with Gasteiger partial charge in [-0.2, -0.15) is 0 Å². The smallest absolute Gasteiger partial charge is 0.249 e. The largest absolute Gasteiger partial charge is 0.366 e. The van der Waals surface area contributed by atoms with Gasteiger partial charge in [-0.3, -0.25) is 9.59 Å². The molecule has 90 valence electrons. The van der Waals surface area contributed by atoms with Crippen LogP contribution in [0.25, 0.3) is 0 Å². The van der Waals surface area contributed by atoms with Gasteiger partial charge in [0.25, 0.3) is 0 Å². The summed E-state index contributed by atoms with van der Waals surface area (Å²) < 4.78 is 0.729. The van der Waals surface area contributed by atoms with Gasteiger partial charge in [0.15, 0.2) is 5.78 Å². The van der Waals surface area contributed by atoms with Gasteiger partial charge in [0.05, 0.1) is 5.56 Å². The SMILES string of the molecule is NC(=O)c1ccc(Br)cc1C(=O)c1ccccc1. The highest BCUT2D eigenvalue weighted by Crippen LogP contribution is 2.19. The lowest BCUT2D eigenvalue weighted by molar-refractivity contribution is 0.0981. The zero-order chi connectivity index (χ0) is 13.1. The van der Waals surface area contributed by atoms with Gasteiger partial charge in [-0.25, -0.2) is 0 Å². The van der Waals surface area contributed by atoms with E-state index in [0.717, 1.165) is 4.47 Å². The first-order valence-electron chi connectivity index (χ1n) is 5.28. The number of ketones is 1. The molecule has 0 bridgehead atoms. The summed E-state index contributed by atoms with van der Waals surface area (Å²) >= 11 is 3.28. The van der Waals surface area contributed by atoms with Crippen molar-refractivity contribution in [2.45, 2.75) is 0 Å². The van der Waals surface area contributed by atoms with Crippen molar-refractivity contribution in [2.75, 3.05) is 0 Å². The Balaban J connectivity index is 2.54. The third-order valence-corrected chi connectivity index (χ3v) is 3.02. The van der Waals surface area contributed by atoms with Gasteiger partial charge in [0.2, 0.25) is 5.91 Å². The fourth-order valence-electron chi connectivity index (χ4n) is 1.66. The number of rotatable bonds is 3. The van der Waals surface area contributed by atoms with E-state index >= 15 is 0 Å². The second kappa shape index (κ2) is 5.14. The van der Waals surface area contributed by atoms with E-state index in [4.69, 9.17) is 5.73 Å². The van der Waals surface area contributed by atoms with Crippen molar-refractivity contribution in [3.63, 3.8) is 0 Å². The second-order valence-electron chi connectivity index (χ2n) is 3.75. The first-order valence-corrected chi connectivity index (χ1v) is 6.08. The fraction of sp³-hybridized carbons (Fsp3) is 0. The van der Waals surface area contributed by atoms with Crippen LogP contribution in [0.1, 0.15) is 26.3 Å². The van der Waals surface area contributed by atoms with E-state index < -0.39 is 5.91 Å². The average molecular weight is 304 g/mol. The lowest BCUT2D eigenvalue weighted by atomic mass is 9.98. The van der Waals surface area contributed by atoms with Crippen molar-refractivity contribution in [3.8, 4) is 0 Å². The van der Waals surface area contributed by atoms with Crippen LogP contribution < -0.4 is 5.73 Å². The van der Waals surface area contributed by atoms with Crippen LogP contribution in [-0.2, 0) is 0 Å². The number of halogens is 1. The topological polar surface area (TPSA) is 60.2 Å². The molecule has 2 N–H and O–H groups in total. The molecular formula is C14H10BrNO2. The second-order valence-corrected chi connectivity index (χ2v) is 4.66. The standard InChI is InChI=1S/C14H10BrNO2/c15-10-6-7-11(14(16)18)12(8-10)13(17)9-4-2-1-3-5-9/h1-8H,(H2,16,18). The summed E-state index contributed by atoms with van der Waals surface area (Å²) in [6.45, 7) is 0. The Bertz CT molecular complexity index is 608. The molecule has 0 radical (unpaired) electrons. The van der Waals surface area contributed by atoms with Crippen LogP contribution in [-0.4, -0.2) is 11.7 Å². The molecule has 0 aliphatic heterocycles. The molecule has 0 aliphatic carbocycles. The maximum Gasteiger partial charge on any atom is 0.249 e. The molecule has 0 heterocycles. The lowest BCUT2D eigenvalue weighted by Crippen LogP contribution is -2.16. The number of nitrogens with two attached hydrogens (primary N) is 1. The minimum absolute atomic E-state index is 0.217. The fourth-order valence-corrected chi connectivity index (χ4v) is 2.03. The van der Waals surface area contributed by atoms with Crippen molar-refractivity contribution in [1.29, 1.82) is 0 Å². The van der Waals surface area contributed by atoms with E-state index in [9.17, 15) is 9.59 Å². The molecule has 0 fully saturated rings. The maximum absolute atomic E-state index is 12.3. The molecule has 0 spiro atoms. The Morgan fingerprint density at radius 2 is 1.61 bits per heavy atom. The molecule has 3 nitrogen and oxygen atoms in total. The molecule has 0 saturated heterocycles. The highest BCUT2D eigenvalue weighted by atomic mass is 79.9. The van der Waals surface area contributed by atoms with Crippen LogP contribution in [0.4, 0.5) is 0 Å². The van der Waals surface area contributed by atoms with Crippen molar-refractivity contribution in [2.24, 2.45) is 5.73 Å². The van der Waals surface area contributed by atoms with Gasteiger partial charge in [0.1, 0.15) is 0 Å². The van der Waals surface area contributed by atoms with E-state index in [1.807, 2.05) is 6.07 Å². The van der Waals surface area contributed by atoms with E-state index in [2.05, 4.69) is 15.9 Å². The summed E-state index contributed by atoms with van der Waals surface area (Å²) in [5.41, 5.74) is 6.34. The summed E-state index contributed by atoms with van der Waals surface area (Å²) in [6.07, 6.45) is 0. The molecule has 2 rings (SSSR count). The molecule has 2 aromatic rings. The highest BCUT2D eigenvalue weighted by molar-refractivity contribution is 9.10. The van der Waals surface area contributed by atoms with E-state index in [0.29, 0.717) is 11.1 Å². The third-order valence-electron chi connectivity index (χ3n) is 2.53. The number of amides is 1. The minimum Gasteiger partial charge on any atom is -0.366 e. The number of benzene rings is 2. The molecule has 0 aliphatic rings. The van der Waals surface area contributed by atoms with Gasteiger partial charge in [-0.15, -0.1) is 0 Å². The molecule has 1 amide bonds. The molecule has 0 unspecified atom stereocenters. The minimum atomic E-state index is -0.609. The van der Waals surface area contributed by atoms with Crippen LogP contribution in [0.15, 0.2) is 53.0 Å². The quantitative estimate of drug-likeness (QED) is 0.886. The predicted molar refractivity (Wildman–Crippen MR) is 72.5 cm³/mol. The van der Waals surface area contributed by atoms with Crippen molar-refractivity contribution in [1.82, 2.24) is 0 Å². The monoisotopic (exact) mass is 303 g/mol. The Kier molecular flexibility index (Phi) is 3.58. The van der Waals surface area contributed by atoms with E-state index in [1.54, 1.807) is 42.5 Å². The van der Waals surface area contributed by atoms with E-state index in [1.165, 1.54) is 0 Å². The molecular weight excluding hydrogens is 294 g/mol. The number of primary amides is 1. The van der Waals surface area contributed by atoms with Crippen molar-refractivity contribution < 1.29 is 9.59 Å². The summed E-state index contributed by atoms with van der Waals surface area (Å²) in [5.74, 6) is -0.826. The number of carbonyl (C=O) groups is 2. The molecule has 0 atom stereocenters. The number of hydrogen-bond acceptors (Lipinski definition) is 2. The Morgan fingerprint density at radius 1 is 0.944 bits per heavy atom. The molecule has 0 saturated carbocycles. The summed E-state index contributed by atoms with van der Waals surface area (Å²) in [7, 11) is 0. The summed E-state index contributed by atoms with van der Waals surface area (Å²) in [6, 6.07) is 13.6. The Labute approximate surface area is 113 Å². The Hall–Kier alpha value is -1.94. The van der Waals surface area contributed by atoms with Gasteiger partial charge in [-0.05, 0) is 18.2 Å². The van der Waals surface area contributed by atoms with Crippen molar-refractivity contribution in [3.05, 3.63) is 69.7 Å². The third kappa shape index (κ3) is 2.49. The number of hydrogen-bond donors (Lipinski definition) is 1.